The monoisotopic (exact) mass is 403 g/mol. The lowest BCUT2D eigenvalue weighted by Gasteiger charge is -2.15. The van der Waals surface area contributed by atoms with Gasteiger partial charge in [-0.2, -0.15) is 5.10 Å². The summed E-state index contributed by atoms with van der Waals surface area (Å²) in [6, 6.07) is 14.9. The lowest BCUT2D eigenvalue weighted by molar-refractivity contribution is -0.127. The summed E-state index contributed by atoms with van der Waals surface area (Å²) in [7, 11) is 0. The Hall–Kier alpha value is -2.50. The van der Waals surface area contributed by atoms with Gasteiger partial charge in [0.2, 0.25) is 0 Å². The summed E-state index contributed by atoms with van der Waals surface area (Å²) in [4.78, 5) is 12.2. The van der Waals surface area contributed by atoms with Gasteiger partial charge in [-0.3, -0.25) is 9.48 Å². The molecule has 1 N–H and O–H groups in total. The molecule has 0 spiro atoms. The molecule has 3 rings (SSSR count). The molecule has 0 aliphatic rings. The Labute approximate surface area is 167 Å². The van der Waals surface area contributed by atoms with Crippen molar-refractivity contribution in [2.75, 3.05) is 6.54 Å². The maximum Gasteiger partial charge on any atom is 0.260 e. The third-order valence-electron chi connectivity index (χ3n) is 3.95. The molecule has 2 aromatic carbocycles. The molecule has 1 heterocycles. The number of amides is 1. The van der Waals surface area contributed by atoms with E-state index in [0.717, 1.165) is 11.1 Å². The van der Waals surface area contributed by atoms with Gasteiger partial charge in [-0.1, -0.05) is 53.5 Å². The topological polar surface area (TPSA) is 56.1 Å². The van der Waals surface area contributed by atoms with Gasteiger partial charge >= 0.3 is 0 Å². The minimum Gasteiger partial charge on any atom is -0.479 e. The standard InChI is InChI=1S/C20H19Cl2N3O2/c1-14(27-19-8-7-17(21)11-18(19)22)20(26)23-9-10-25-13-16(12-24-25)15-5-3-2-4-6-15/h2-8,11-14H,9-10H2,1H3,(H,23,26)/t14-/m0/s1. The molecule has 0 unspecified atom stereocenters. The van der Waals surface area contributed by atoms with E-state index in [9.17, 15) is 4.79 Å². The molecule has 3 aromatic rings. The van der Waals surface area contributed by atoms with Crippen molar-refractivity contribution in [1.82, 2.24) is 15.1 Å². The molecule has 140 valence electrons. The fourth-order valence-corrected chi connectivity index (χ4v) is 2.97. The van der Waals surface area contributed by atoms with E-state index in [-0.39, 0.29) is 5.91 Å². The van der Waals surface area contributed by atoms with Crippen molar-refractivity contribution in [3.8, 4) is 16.9 Å². The average molecular weight is 404 g/mol. The van der Waals surface area contributed by atoms with E-state index in [1.165, 1.54) is 0 Å². The number of hydrogen-bond donors (Lipinski definition) is 1. The molecule has 0 saturated carbocycles. The minimum atomic E-state index is -0.679. The molecule has 27 heavy (non-hydrogen) atoms. The van der Waals surface area contributed by atoms with Crippen LogP contribution in [0.25, 0.3) is 11.1 Å². The molecule has 1 amide bonds. The normalized spacial score (nSPS) is 11.8. The van der Waals surface area contributed by atoms with Crippen molar-refractivity contribution in [3.63, 3.8) is 0 Å². The molecule has 5 nitrogen and oxygen atoms in total. The van der Waals surface area contributed by atoms with Crippen LogP contribution < -0.4 is 10.1 Å². The molecule has 0 radical (unpaired) electrons. The van der Waals surface area contributed by atoms with Crippen LogP contribution in [0.2, 0.25) is 10.0 Å². The Balaban J connectivity index is 1.48. The first-order chi connectivity index (χ1) is 13.0. The first-order valence-corrected chi connectivity index (χ1v) is 9.26. The maximum absolute atomic E-state index is 12.2. The van der Waals surface area contributed by atoms with Crippen molar-refractivity contribution in [1.29, 1.82) is 0 Å². The molecule has 7 heteroatoms. The fraction of sp³-hybridized carbons (Fsp3) is 0.200. The molecule has 0 saturated heterocycles. The quantitative estimate of drug-likeness (QED) is 0.634. The highest BCUT2D eigenvalue weighted by atomic mass is 35.5. The van der Waals surface area contributed by atoms with Gasteiger partial charge in [0.15, 0.2) is 6.10 Å². The van der Waals surface area contributed by atoms with Crippen LogP contribution >= 0.6 is 23.2 Å². The number of halogens is 2. The first kappa shape index (κ1) is 19.3. The van der Waals surface area contributed by atoms with Crippen LogP contribution in [0.4, 0.5) is 0 Å². The number of rotatable bonds is 7. The number of carbonyl (C=O) groups excluding carboxylic acids is 1. The summed E-state index contributed by atoms with van der Waals surface area (Å²) in [6.07, 6.45) is 3.08. The lowest BCUT2D eigenvalue weighted by Crippen LogP contribution is -2.38. The third-order valence-corrected chi connectivity index (χ3v) is 4.48. The molecule has 1 aromatic heterocycles. The fourth-order valence-electron chi connectivity index (χ4n) is 2.52. The second kappa shape index (κ2) is 8.93. The maximum atomic E-state index is 12.2. The Bertz CT molecular complexity index is 913. The van der Waals surface area contributed by atoms with Gasteiger partial charge in [0.05, 0.1) is 17.8 Å². The number of aromatic nitrogens is 2. The Kier molecular flexibility index (Phi) is 6.37. The molecule has 0 aliphatic heterocycles. The second-order valence-electron chi connectivity index (χ2n) is 5.98. The SMILES string of the molecule is C[C@H](Oc1ccc(Cl)cc1Cl)C(=O)NCCn1cc(-c2ccccc2)cn1. The van der Waals surface area contributed by atoms with E-state index < -0.39 is 6.10 Å². The van der Waals surface area contributed by atoms with E-state index in [0.29, 0.717) is 28.9 Å². The van der Waals surface area contributed by atoms with Crippen LogP contribution in [0.3, 0.4) is 0 Å². The lowest BCUT2D eigenvalue weighted by atomic mass is 10.1. The zero-order valence-electron chi connectivity index (χ0n) is 14.7. The Morgan fingerprint density at radius 2 is 1.96 bits per heavy atom. The summed E-state index contributed by atoms with van der Waals surface area (Å²) in [6.45, 7) is 2.67. The smallest absolute Gasteiger partial charge is 0.260 e. The van der Waals surface area contributed by atoms with Crippen LogP contribution in [0, 0.1) is 0 Å². The van der Waals surface area contributed by atoms with Gasteiger partial charge in [0.25, 0.3) is 5.91 Å². The van der Waals surface area contributed by atoms with Crippen molar-refractivity contribution in [3.05, 3.63) is 71.0 Å². The minimum absolute atomic E-state index is 0.226. The zero-order chi connectivity index (χ0) is 19.2. The highest BCUT2D eigenvalue weighted by Gasteiger charge is 2.16. The predicted molar refractivity (Wildman–Crippen MR) is 107 cm³/mol. The highest BCUT2D eigenvalue weighted by Crippen LogP contribution is 2.28. The molecule has 0 bridgehead atoms. The molecule has 0 aliphatic carbocycles. The second-order valence-corrected chi connectivity index (χ2v) is 6.83. The van der Waals surface area contributed by atoms with Crippen molar-refractivity contribution >= 4 is 29.1 Å². The van der Waals surface area contributed by atoms with E-state index in [1.807, 2.05) is 42.7 Å². The van der Waals surface area contributed by atoms with E-state index >= 15 is 0 Å². The van der Waals surface area contributed by atoms with Crippen LogP contribution in [-0.2, 0) is 11.3 Å². The molecular formula is C20H19Cl2N3O2. The number of benzene rings is 2. The van der Waals surface area contributed by atoms with Crippen LogP contribution in [0.15, 0.2) is 60.9 Å². The third kappa shape index (κ3) is 5.25. The van der Waals surface area contributed by atoms with Crippen LogP contribution in [-0.4, -0.2) is 28.3 Å². The molecule has 1 atom stereocenters. The number of hydrogen-bond acceptors (Lipinski definition) is 3. The van der Waals surface area contributed by atoms with Crippen molar-refractivity contribution < 1.29 is 9.53 Å². The summed E-state index contributed by atoms with van der Waals surface area (Å²) in [5.41, 5.74) is 2.14. The van der Waals surface area contributed by atoms with E-state index in [2.05, 4.69) is 10.4 Å². The molecule has 0 fully saturated rings. The molecular weight excluding hydrogens is 385 g/mol. The van der Waals surface area contributed by atoms with E-state index in [4.69, 9.17) is 27.9 Å². The van der Waals surface area contributed by atoms with Gasteiger partial charge in [-0.25, -0.2) is 0 Å². The highest BCUT2D eigenvalue weighted by molar-refractivity contribution is 6.35. The van der Waals surface area contributed by atoms with Crippen LogP contribution in [0.5, 0.6) is 5.75 Å². The van der Waals surface area contributed by atoms with Gasteiger partial charge in [0.1, 0.15) is 5.75 Å². The predicted octanol–water partition coefficient (Wildman–Crippen LogP) is 4.44. The number of carbonyl (C=O) groups is 1. The summed E-state index contributed by atoms with van der Waals surface area (Å²) in [5, 5.41) is 8.04. The van der Waals surface area contributed by atoms with Gasteiger partial charge in [-0.05, 0) is 30.7 Å². The number of ether oxygens (including phenoxy) is 1. The average Bonchev–Trinajstić information content (AvgIpc) is 3.13. The van der Waals surface area contributed by atoms with Gasteiger partial charge in [-0.15, -0.1) is 0 Å². The zero-order valence-corrected chi connectivity index (χ0v) is 16.2. The van der Waals surface area contributed by atoms with E-state index in [1.54, 1.807) is 29.8 Å². The largest absolute Gasteiger partial charge is 0.479 e. The van der Waals surface area contributed by atoms with Crippen molar-refractivity contribution in [2.24, 2.45) is 0 Å². The summed E-state index contributed by atoms with van der Waals surface area (Å²) < 4.78 is 7.40. The number of nitrogens with one attached hydrogen (secondary N) is 1. The number of nitrogens with zero attached hydrogens (tertiary/aromatic N) is 2. The summed E-state index contributed by atoms with van der Waals surface area (Å²) >= 11 is 11.9. The van der Waals surface area contributed by atoms with Crippen LogP contribution in [0.1, 0.15) is 6.92 Å². The summed E-state index contributed by atoms with van der Waals surface area (Å²) in [5.74, 6) is 0.194. The first-order valence-electron chi connectivity index (χ1n) is 8.50. The Morgan fingerprint density at radius 3 is 2.70 bits per heavy atom. The Morgan fingerprint density at radius 1 is 1.19 bits per heavy atom. The van der Waals surface area contributed by atoms with Crippen molar-refractivity contribution in [2.45, 2.75) is 19.6 Å². The van der Waals surface area contributed by atoms with Gasteiger partial charge in [0, 0.05) is 23.3 Å². The van der Waals surface area contributed by atoms with Gasteiger partial charge < -0.3 is 10.1 Å².